The first-order valence-corrected chi connectivity index (χ1v) is 5.03. The zero-order valence-corrected chi connectivity index (χ0v) is 9.03. The van der Waals surface area contributed by atoms with Crippen LogP contribution in [-0.4, -0.2) is 11.8 Å². The molecule has 0 aliphatic carbocycles. The Balaban J connectivity index is 2.62. The van der Waals surface area contributed by atoms with Gasteiger partial charge in [-0.1, -0.05) is 19.1 Å². The lowest BCUT2D eigenvalue weighted by Crippen LogP contribution is -2.31. The Morgan fingerprint density at radius 2 is 1.87 bits per heavy atom. The van der Waals surface area contributed by atoms with Crippen LogP contribution in [0.3, 0.4) is 0 Å². The van der Waals surface area contributed by atoms with E-state index in [1.54, 1.807) is 12.1 Å². The van der Waals surface area contributed by atoms with Crippen LogP contribution < -0.4 is 5.73 Å². The van der Waals surface area contributed by atoms with E-state index >= 15 is 0 Å². The Labute approximate surface area is 89.3 Å². The van der Waals surface area contributed by atoms with Crippen LogP contribution >= 0.6 is 0 Å². The fourth-order valence-corrected chi connectivity index (χ4v) is 1.26. The fourth-order valence-electron chi connectivity index (χ4n) is 1.26. The van der Waals surface area contributed by atoms with Crippen LogP contribution in [0.5, 0.6) is 0 Å². The first kappa shape index (κ1) is 11.9. The van der Waals surface area contributed by atoms with Crippen LogP contribution in [0.1, 0.15) is 19.4 Å². The third kappa shape index (κ3) is 3.44. The van der Waals surface area contributed by atoms with Gasteiger partial charge in [0.2, 0.25) is 0 Å². The molecule has 0 spiro atoms. The molecule has 1 rings (SSSR count). The molecule has 0 aliphatic heterocycles. The maximum absolute atomic E-state index is 12.6. The highest BCUT2D eigenvalue weighted by Crippen LogP contribution is 2.09. The number of nitrogens with two attached hydrogens (primary N) is 1. The number of Topliss-reactive ketones (excluding diaryl/α,β-unsaturated/α-hetero) is 1. The molecule has 1 aromatic carbocycles. The first-order valence-electron chi connectivity index (χ1n) is 5.03. The Morgan fingerprint density at radius 1 is 1.33 bits per heavy atom. The third-order valence-corrected chi connectivity index (χ3v) is 2.59. The van der Waals surface area contributed by atoms with Crippen LogP contribution in [-0.2, 0) is 11.2 Å². The number of rotatable bonds is 4. The number of carbonyl (C=O) groups excluding carboxylic acids is 1. The summed E-state index contributed by atoms with van der Waals surface area (Å²) in [6.07, 6.45) is 0.322. The molecule has 0 fully saturated rings. The van der Waals surface area contributed by atoms with Crippen molar-refractivity contribution in [3.8, 4) is 0 Å². The van der Waals surface area contributed by atoms with E-state index in [4.69, 9.17) is 5.73 Å². The third-order valence-electron chi connectivity index (χ3n) is 2.59. The van der Waals surface area contributed by atoms with Crippen LogP contribution in [0.4, 0.5) is 4.39 Å². The highest BCUT2D eigenvalue weighted by atomic mass is 19.1. The fraction of sp³-hybridized carbons (Fsp3) is 0.417. The molecule has 0 radical (unpaired) electrons. The van der Waals surface area contributed by atoms with Gasteiger partial charge in [0.1, 0.15) is 11.6 Å². The van der Waals surface area contributed by atoms with Crippen LogP contribution in [0, 0.1) is 11.7 Å². The molecule has 2 nitrogen and oxygen atoms in total. The summed E-state index contributed by atoms with van der Waals surface area (Å²) >= 11 is 0. The SMILES string of the molecule is CC(N)C(C)C(=O)Cc1ccc(F)cc1. The lowest BCUT2D eigenvalue weighted by Gasteiger charge is -2.13. The summed E-state index contributed by atoms with van der Waals surface area (Å²) in [7, 11) is 0. The van der Waals surface area contributed by atoms with Gasteiger partial charge in [-0.05, 0) is 24.6 Å². The molecule has 0 aromatic heterocycles. The molecule has 0 bridgehead atoms. The Hall–Kier alpha value is -1.22. The second-order valence-electron chi connectivity index (χ2n) is 3.92. The van der Waals surface area contributed by atoms with Gasteiger partial charge in [0, 0.05) is 18.4 Å². The summed E-state index contributed by atoms with van der Waals surface area (Å²) in [5.74, 6) is -0.349. The van der Waals surface area contributed by atoms with Gasteiger partial charge >= 0.3 is 0 Å². The molecule has 0 saturated heterocycles. The quantitative estimate of drug-likeness (QED) is 0.823. The van der Waals surface area contributed by atoms with Crippen molar-refractivity contribution in [2.24, 2.45) is 11.7 Å². The predicted molar refractivity (Wildman–Crippen MR) is 57.9 cm³/mol. The summed E-state index contributed by atoms with van der Waals surface area (Å²) in [5, 5.41) is 0. The van der Waals surface area contributed by atoms with Gasteiger partial charge in [0.15, 0.2) is 0 Å². The molecule has 0 heterocycles. The molecular formula is C12H16FNO. The maximum Gasteiger partial charge on any atom is 0.141 e. The van der Waals surface area contributed by atoms with Gasteiger partial charge in [-0.3, -0.25) is 4.79 Å². The Morgan fingerprint density at radius 3 is 2.33 bits per heavy atom. The smallest absolute Gasteiger partial charge is 0.141 e. The lowest BCUT2D eigenvalue weighted by molar-refractivity contribution is -0.122. The largest absolute Gasteiger partial charge is 0.327 e. The normalized spacial score (nSPS) is 14.7. The second kappa shape index (κ2) is 5.03. The van der Waals surface area contributed by atoms with Gasteiger partial charge in [0.05, 0.1) is 0 Å². The van der Waals surface area contributed by atoms with Crippen molar-refractivity contribution in [2.75, 3.05) is 0 Å². The summed E-state index contributed by atoms with van der Waals surface area (Å²) in [4.78, 5) is 11.7. The molecule has 82 valence electrons. The van der Waals surface area contributed by atoms with Crippen molar-refractivity contribution in [1.29, 1.82) is 0 Å². The van der Waals surface area contributed by atoms with Gasteiger partial charge in [-0.25, -0.2) is 4.39 Å². The molecule has 2 unspecified atom stereocenters. The van der Waals surface area contributed by atoms with E-state index in [2.05, 4.69) is 0 Å². The summed E-state index contributed by atoms with van der Waals surface area (Å²) < 4.78 is 12.6. The monoisotopic (exact) mass is 209 g/mol. The number of halogens is 1. The van der Waals surface area contributed by atoms with Gasteiger partial charge in [-0.2, -0.15) is 0 Å². The second-order valence-corrected chi connectivity index (χ2v) is 3.92. The molecule has 2 atom stereocenters. The zero-order valence-electron chi connectivity index (χ0n) is 9.03. The molecule has 0 amide bonds. The Kier molecular flexibility index (Phi) is 3.97. The minimum atomic E-state index is -0.286. The molecule has 0 aliphatic rings. The van der Waals surface area contributed by atoms with E-state index in [-0.39, 0.29) is 23.6 Å². The van der Waals surface area contributed by atoms with Gasteiger partial charge in [0.25, 0.3) is 0 Å². The standard InChI is InChI=1S/C12H16FNO/c1-8(9(2)14)12(15)7-10-3-5-11(13)6-4-10/h3-6,8-9H,7,14H2,1-2H3. The summed E-state index contributed by atoms with van der Waals surface area (Å²) in [6, 6.07) is 5.83. The Bertz CT molecular complexity index is 332. The van der Waals surface area contributed by atoms with Gasteiger partial charge in [-0.15, -0.1) is 0 Å². The molecular weight excluding hydrogens is 193 g/mol. The topological polar surface area (TPSA) is 43.1 Å². The van der Waals surface area contributed by atoms with Crippen molar-refractivity contribution < 1.29 is 9.18 Å². The molecule has 1 aromatic rings. The highest BCUT2D eigenvalue weighted by molar-refractivity contribution is 5.83. The van der Waals surface area contributed by atoms with Crippen LogP contribution in [0.2, 0.25) is 0 Å². The van der Waals surface area contributed by atoms with Crippen molar-refractivity contribution in [2.45, 2.75) is 26.3 Å². The van der Waals surface area contributed by atoms with Crippen molar-refractivity contribution in [3.63, 3.8) is 0 Å². The van der Waals surface area contributed by atoms with E-state index in [0.29, 0.717) is 6.42 Å². The first-order chi connectivity index (χ1) is 7.00. The molecule has 3 heteroatoms. The summed E-state index contributed by atoms with van der Waals surface area (Å²) in [6.45, 7) is 3.63. The molecule has 0 saturated carbocycles. The van der Waals surface area contributed by atoms with E-state index in [1.807, 2.05) is 13.8 Å². The molecule has 2 N–H and O–H groups in total. The number of hydrogen-bond donors (Lipinski definition) is 1. The highest BCUT2D eigenvalue weighted by Gasteiger charge is 2.16. The summed E-state index contributed by atoms with van der Waals surface area (Å²) in [5.41, 5.74) is 6.46. The number of ketones is 1. The number of carbonyl (C=O) groups is 1. The van der Waals surface area contributed by atoms with E-state index < -0.39 is 0 Å². The van der Waals surface area contributed by atoms with Gasteiger partial charge < -0.3 is 5.73 Å². The van der Waals surface area contributed by atoms with Crippen molar-refractivity contribution in [3.05, 3.63) is 35.6 Å². The van der Waals surface area contributed by atoms with E-state index in [0.717, 1.165) is 5.56 Å². The van der Waals surface area contributed by atoms with Crippen LogP contribution in [0.15, 0.2) is 24.3 Å². The minimum Gasteiger partial charge on any atom is -0.327 e. The van der Waals surface area contributed by atoms with Crippen molar-refractivity contribution in [1.82, 2.24) is 0 Å². The predicted octanol–water partition coefficient (Wildman–Crippen LogP) is 1.92. The average molecular weight is 209 g/mol. The zero-order chi connectivity index (χ0) is 11.4. The number of benzene rings is 1. The maximum atomic E-state index is 12.6. The molecule has 15 heavy (non-hydrogen) atoms. The minimum absolute atomic E-state index is 0.0941. The van der Waals surface area contributed by atoms with Crippen molar-refractivity contribution >= 4 is 5.78 Å². The lowest BCUT2D eigenvalue weighted by atomic mass is 9.94. The van der Waals surface area contributed by atoms with Crippen LogP contribution in [0.25, 0.3) is 0 Å². The number of hydrogen-bond acceptors (Lipinski definition) is 2. The van der Waals surface area contributed by atoms with E-state index in [1.165, 1.54) is 12.1 Å². The average Bonchev–Trinajstić information content (AvgIpc) is 2.20. The van der Waals surface area contributed by atoms with E-state index in [9.17, 15) is 9.18 Å².